The monoisotopic (exact) mass is 176 g/mol. The fraction of sp³-hybridized carbons (Fsp3) is 0.333. The number of imidazole rings is 1. The third-order valence-corrected chi connectivity index (χ3v) is 1.94. The van der Waals surface area contributed by atoms with Gasteiger partial charge in [0, 0.05) is 19.7 Å². The number of hydrogen-bond acceptors (Lipinski definition) is 2. The lowest BCUT2D eigenvalue weighted by atomic mass is 10.3. The molecule has 0 amide bonds. The fourth-order valence-electron chi connectivity index (χ4n) is 1.30. The Morgan fingerprint density at radius 1 is 1.46 bits per heavy atom. The molecule has 0 aromatic carbocycles. The van der Waals surface area contributed by atoms with Gasteiger partial charge < -0.3 is 4.57 Å². The first-order valence-corrected chi connectivity index (χ1v) is 4.17. The van der Waals surface area contributed by atoms with E-state index in [2.05, 4.69) is 9.97 Å². The first-order chi connectivity index (χ1) is 6.31. The van der Waals surface area contributed by atoms with Crippen molar-refractivity contribution in [2.24, 2.45) is 7.05 Å². The normalized spacial score (nSPS) is 10.9. The van der Waals surface area contributed by atoms with Crippen molar-refractivity contribution < 1.29 is 5.11 Å². The molecule has 0 fully saturated rings. The molecule has 0 spiro atoms. The summed E-state index contributed by atoms with van der Waals surface area (Å²) in [5.41, 5.74) is 0.855. The number of fused-ring (bicyclic) bond motifs is 1. The van der Waals surface area contributed by atoms with E-state index in [1.807, 2.05) is 29.9 Å². The Balaban J connectivity index is 2.49. The van der Waals surface area contributed by atoms with Crippen molar-refractivity contribution in [2.45, 2.75) is 6.42 Å². The number of rotatable bonds is 2. The summed E-state index contributed by atoms with van der Waals surface area (Å²) in [7, 11) is 1.91. The number of hydrogen-bond donors (Lipinski definition) is 0. The van der Waals surface area contributed by atoms with Crippen LogP contribution < -0.4 is 0 Å². The summed E-state index contributed by atoms with van der Waals surface area (Å²) >= 11 is 0. The van der Waals surface area contributed by atoms with Crippen LogP contribution in [0.1, 0.15) is 5.82 Å². The maximum atomic E-state index is 10.4. The topological polar surface area (TPSA) is 50.6 Å². The second kappa shape index (κ2) is 3.14. The molecule has 1 radical (unpaired) electrons. The summed E-state index contributed by atoms with van der Waals surface area (Å²) < 4.78 is 1.90. The molecular formula is C9H10N3O. The standard InChI is InChI=1S/C9H10N3O/c1-12-5-2-3-7-9(12)11-8(10-7)4-6-13/h2-3,5H,4,6H2,1H3. The summed E-state index contributed by atoms with van der Waals surface area (Å²) in [5.74, 6) is 1.48. The van der Waals surface area contributed by atoms with Gasteiger partial charge in [-0.05, 0) is 12.1 Å². The van der Waals surface area contributed by atoms with E-state index in [1.165, 1.54) is 0 Å². The van der Waals surface area contributed by atoms with Gasteiger partial charge in [-0.15, -0.1) is 0 Å². The van der Waals surface area contributed by atoms with Crippen molar-refractivity contribution in [3.63, 3.8) is 0 Å². The van der Waals surface area contributed by atoms with Crippen molar-refractivity contribution in [2.75, 3.05) is 6.61 Å². The van der Waals surface area contributed by atoms with E-state index < -0.39 is 0 Å². The molecule has 0 aliphatic carbocycles. The van der Waals surface area contributed by atoms with Crippen molar-refractivity contribution >= 4 is 0 Å². The van der Waals surface area contributed by atoms with Gasteiger partial charge in [0.2, 0.25) is 0 Å². The summed E-state index contributed by atoms with van der Waals surface area (Å²) in [6.07, 6.45) is 2.33. The minimum atomic E-state index is -0.153. The molecule has 2 heterocycles. The quantitative estimate of drug-likeness (QED) is 0.682. The third-order valence-electron chi connectivity index (χ3n) is 1.94. The molecule has 0 aromatic rings. The molecule has 2 aliphatic heterocycles. The van der Waals surface area contributed by atoms with Gasteiger partial charge in [0.15, 0.2) is 5.82 Å². The van der Waals surface area contributed by atoms with Gasteiger partial charge >= 0.3 is 0 Å². The van der Waals surface area contributed by atoms with E-state index in [0.29, 0.717) is 12.2 Å². The van der Waals surface area contributed by atoms with Crippen LogP contribution in [0.15, 0.2) is 18.3 Å². The third kappa shape index (κ3) is 1.40. The molecule has 0 saturated carbocycles. The molecule has 2 rings (SSSR count). The van der Waals surface area contributed by atoms with E-state index in [9.17, 15) is 5.11 Å². The van der Waals surface area contributed by atoms with Crippen LogP contribution in [0.4, 0.5) is 0 Å². The highest BCUT2D eigenvalue weighted by Crippen LogP contribution is 2.16. The first-order valence-electron chi connectivity index (χ1n) is 4.17. The molecule has 67 valence electrons. The lowest BCUT2D eigenvalue weighted by Crippen LogP contribution is -1.95. The zero-order valence-electron chi connectivity index (χ0n) is 7.40. The molecule has 4 nitrogen and oxygen atoms in total. The Morgan fingerprint density at radius 3 is 3.00 bits per heavy atom. The molecular weight excluding hydrogens is 166 g/mol. The predicted octanol–water partition coefficient (Wildman–Crippen LogP) is 0.893. The minimum Gasteiger partial charge on any atom is -0.334 e. The van der Waals surface area contributed by atoms with Gasteiger partial charge in [0.25, 0.3) is 0 Å². The largest absolute Gasteiger partial charge is 0.334 e. The van der Waals surface area contributed by atoms with E-state index >= 15 is 0 Å². The lowest BCUT2D eigenvalue weighted by molar-refractivity contribution is 0.195. The molecule has 4 heteroatoms. The van der Waals surface area contributed by atoms with Gasteiger partial charge in [-0.25, -0.2) is 15.1 Å². The molecule has 0 unspecified atom stereocenters. The van der Waals surface area contributed by atoms with E-state index in [0.717, 1.165) is 11.5 Å². The maximum absolute atomic E-state index is 10.4. The zero-order chi connectivity index (χ0) is 9.26. The van der Waals surface area contributed by atoms with E-state index in [4.69, 9.17) is 0 Å². The highest BCUT2D eigenvalue weighted by Gasteiger charge is 2.11. The predicted molar refractivity (Wildman–Crippen MR) is 46.9 cm³/mol. The highest BCUT2D eigenvalue weighted by molar-refractivity contribution is 5.51. The summed E-state index contributed by atoms with van der Waals surface area (Å²) in [4.78, 5) is 8.49. The zero-order valence-corrected chi connectivity index (χ0v) is 7.40. The minimum absolute atomic E-state index is 0.153. The van der Waals surface area contributed by atoms with Gasteiger partial charge in [0.05, 0.1) is 6.61 Å². The summed E-state index contributed by atoms with van der Waals surface area (Å²) in [5, 5.41) is 10.4. The van der Waals surface area contributed by atoms with Crippen molar-refractivity contribution in [1.29, 1.82) is 0 Å². The molecule has 2 aliphatic rings. The van der Waals surface area contributed by atoms with Crippen LogP contribution in [0.3, 0.4) is 0 Å². The van der Waals surface area contributed by atoms with Crippen LogP contribution >= 0.6 is 0 Å². The lowest BCUT2D eigenvalue weighted by Gasteiger charge is -2.01. The Hall–Kier alpha value is -1.42. The average molecular weight is 176 g/mol. The van der Waals surface area contributed by atoms with Crippen LogP contribution in [-0.2, 0) is 18.6 Å². The van der Waals surface area contributed by atoms with E-state index in [-0.39, 0.29) is 6.61 Å². The van der Waals surface area contributed by atoms with Crippen LogP contribution in [-0.4, -0.2) is 21.1 Å². The number of aryl methyl sites for hydroxylation is 1. The van der Waals surface area contributed by atoms with Crippen molar-refractivity contribution in [3.8, 4) is 11.5 Å². The maximum Gasteiger partial charge on any atom is 0.160 e. The second-order valence-corrected chi connectivity index (χ2v) is 2.92. The average Bonchev–Trinajstić information content (AvgIpc) is 2.49. The molecule has 0 atom stereocenters. The van der Waals surface area contributed by atoms with Crippen LogP contribution in [0.5, 0.6) is 0 Å². The number of aromatic nitrogens is 3. The first kappa shape index (κ1) is 8.19. The molecule has 13 heavy (non-hydrogen) atoms. The Kier molecular flexibility index (Phi) is 1.98. The van der Waals surface area contributed by atoms with Crippen LogP contribution in [0.25, 0.3) is 11.5 Å². The Morgan fingerprint density at radius 2 is 2.31 bits per heavy atom. The number of nitrogens with zero attached hydrogens (tertiary/aromatic N) is 3. The SMILES string of the molecule is Cn1cccc2nc(CC[O])nc1-2. The van der Waals surface area contributed by atoms with Crippen molar-refractivity contribution in [3.05, 3.63) is 24.2 Å². The fourth-order valence-corrected chi connectivity index (χ4v) is 1.30. The molecule has 0 saturated heterocycles. The van der Waals surface area contributed by atoms with Gasteiger partial charge in [-0.3, -0.25) is 0 Å². The van der Waals surface area contributed by atoms with Crippen LogP contribution in [0.2, 0.25) is 0 Å². The van der Waals surface area contributed by atoms with Gasteiger partial charge in [-0.2, -0.15) is 0 Å². The summed E-state index contributed by atoms with van der Waals surface area (Å²) in [6, 6.07) is 3.81. The molecule has 0 bridgehead atoms. The van der Waals surface area contributed by atoms with Gasteiger partial charge in [0.1, 0.15) is 11.5 Å². The highest BCUT2D eigenvalue weighted by atomic mass is 16.3. The molecule has 0 N–H and O–H groups in total. The van der Waals surface area contributed by atoms with Gasteiger partial charge in [-0.1, -0.05) is 0 Å². The summed E-state index contributed by atoms with van der Waals surface area (Å²) in [6.45, 7) is -0.153. The van der Waals surface area contributed by atoms with Crippen LogP contribution in [0, 0.1) is 0 Å². The smallest absolute Gasteiger partial charge is 0.160 e. The second-order valence-electron chi connectivity index (χ2n) is 2.92. The van der Waals surface area contributed by atoms with Crippen molar-refractivity contribution in [1.82, 2.24) is 14.5 Å². The van der Waals surface area contributed by atoms with E-state index in [1.54, 1.807) is 0 Å². The number of pyridine rings is 1. The molecule has 0 aromatic heterocycles. The Bertz CT molecular complexity index is 383. The Labute approximate surface area is 76.2 Å².